The number of carboxylic acids is 1. The second-order valence-electron chi connectivity index (χ2n) is 4.04. The monoisotopic (exact) mass is 271 g/mol. The van der Waals surface area contributed by atoms with E-state index in [1.807, 2.05) is 30.3 Å². The van der Waals surface area contributed by atoms with E-state index in [0.717, 1.165) is 5.56 Å². The van der Waals surface area contributed by atoms with Crippen LogP contribution in [0, 0.1) is 0 Å². The number of carbonyl (C=O) groups is 2. The second-order valence-corrected chi connectivity index (χ2v) is 4.04. The molecule has 2 rings (SSSR count). The zero-order valence-electron chi connectivity index (χ0n) is 10.6. The van der Waals surface area contributed by atoms with Crippen molar-refractivity contribution < 1.29 is 19.4 Å². The van der Waals surface area contributed by atoms with Gasteiger partial charge in [-0.25, -0.2) is 9.59 Å². The third-order valence-corrected chi connectivity index (χ3v) is 2.61. The van der Waals surface area contributed by atoms with Crippen molar-refractivity contribution in [2.45, 2.75) is 6.61 Å². The van der Waals surface area contributed by atoms with Gasteiger partial charge < -0.3 is 9.84 Å². The number of hydrogen-bond donors (Lipinski definition) is 2. The molecule has 0 spiro atoms. The largest absolute Gasteiger partial charge is 0.478 e. The Balaban J connectivity index is 1.97. The van der Waals surface area contributed by atoms with Gasteiger partial charge in [-0.05, 0) is 17.7 Å². The Labute approximate surface area is 115 Å². The molecule has 0 saturated carbocycles. The van der Waals surface area contributed by atoms with Crippen molar-refractivity contribution >= 4 is 17.7 Å². The van der Waals surface area contributed by atoms with E-state index < -0.39 is 12.1 Å². The van der Waals surface area contributed by atoms with Crippen LogP contribution in [0.3, 0.4) is 0 Å². The zero-order valence-corrected chi connectivity index (χ0v) is 10.6. The summed E-state index contributed by atoms with van der Waals surface area (Å²) in [6.07, 6.45) is -0.692. The van der Waals surface area contributed by atoms with E-state index in [-0.39, 0.29) is 17.9 Å². The van der Waals surface area contributed by atoms with Gasteiger partial charge in [0, 0.05) is 0 Å². The number of para-hydroxylation sites is 1. The van der Waals surface area contributed by atoms with Crippen LogP contribution in [0.15, 0.2) is 54.6 Å². The lowest BCUT2D eigenvalue weighted by molar-refractivity contribution is 0.0698. The maximum atomic E-state index is 11.6. The number of amides is 1. The number of hydrogen-bond acceptors (Lipinski definition) is 3. The normalized spacial score (nSPS) is 9.80. The number of benzene rings is 2. The van der Waals surface area contributed by atoms with E-state index in [2.05, 4.69) is 5.32 Å². The number of ether oxygens (including phenoxy) is 1. The van der Waals surface area contributed by atoms with Crippen molar-refractivity contribution in [2.24, 2.45) is 0 Å². The highest BCUT2D eigenvalue weighted by molar-refractivity contribution is 5.98. The van der Waals surface area contributed by atoms with Crippen LogP contribution >= 0.6 is 0 Å². The maximum absolute atomic E-state index is 11.6. The maximum Gasteiger partial charge on any atom is 0.411 e. The number of carboxylic acid groups (broad SMARTS) is 1. The number of anilines is 1. The van der Waals surface area contributed by atoms with Gasteiger partial charge >= 0.3 is 12.1 Å². The molecule has 0 atom stereocenters. The Morgan fingerprint density at radius 1 is 1.00 bits per heavy atom. The summed E-state index contributed by atoms with van der Waals surface area (Å²) in [5.74, 6) is -1.11. The Bertz CT molecular complexity index is 610. The summed E-state index contributed by atoms with van der Waals surface area (Å²) in [6.45, 7) is 0.127. The highest BCUT2D eigenvalue weighted by atomic mass is 16.5. The smallest absolute Gasteiger partial charge is 0.411 e. The average Bonchev–Trinajstić information content (AvgIpc) is 2.46. The molecule has 2 aromatic rings. The van der Waals surface area contributed by atoms with Gasteiger partial charge in [-0.3, -0.25) is 5.32 Å². The summed E-state index contributed by atoms with van der Waals surface area (Å²) in [7, 11) is 0. The minimum atomic E-state index is -1.11. The van der Waals surface area contributed by atoms with Crippen molar-refractivity contribution in [1.82, 2.24) is 0 Å². The van der Waals surface area contributed by atoms with Gasteiger partial charge in [0.25, 0.3) is 0 Å². The Morgan fingerprint density at radius 2 is 1.65 bits per heavy atom. The fraction of sp³-hybridized carbons (Fsp3) is 0.0667. The first kappa shape index (κ1) is 13.6. The minimum Gasteiger partial charge on any atom is -0.478 e. The van der Waals surface area contributed by atoms with Gasteiger partial charge in [0.15, 0.2) is 0 Å². The highest BCUT2D eigenvalue weighted by Crippen LogP contribution is 2.15. The first-order chi connectivity index (χ1) is 9.66. The SMILES string of the molecule is O=C(Nc1ccccc1C(=O)O)OCc1ccccc1. The van der Waals surface area contributed by atoms with Crippen LogP contribution in [-0.4, -0.2) is 17.2 Å². The molecule has 0 heterocycles. The molecule has 0 unspecified atom stereocenters. The zero-order chi connectivity index (χ0) is 14.4. The molecule has 5 heteroatoms. The summed E-state index contributed by atoms with van der Waals surface area (Å²) >= 11 is 0. The lowest BCUT2D eigenvalue weighted by Gasteiger charge is -2.09. The fourth-order valence-electron chi connectivity index (χ4n) is 1.65. The van der Waals surface area contributed by atoms with E-state index in [0.29, 0.717) is 0 Å². The number of nitrogens with one attached hydrogen (secondary N) is 1. The molecule has 102 valence electrons. The van der Waals surface area contributed by atoms with E-state index in [4.69, 9.17) is 9.84 Å². The molecule has 0 aromatic heterocycles. The van der Waals surface area contributed by atoms with Crippen LogP contribution in [0.4, 0.5) is 10.5 Å². The predicted molar refractivity (Wildman–Crippen MR) is 73.7 cm³/mol. The van der Waals surface area contributed by atoms with E-state index in [1.54, 1.807) is 12.1 Å². The van der Waals surface area contributed by atoms with Crippen LogP contribution in [0.25, 0.3) is 0 Å². The fourth-order valence-corrected chi connectivity index (χ4v) is 1.65. The number of rotatable bonds is 4. The van der Waals surface area contributed by atoms with Crippen molar-refractivity contribution in [3.8, 4) is 0 Å². The van der Waals surface area contributed by atoms with Crippen LogP contribution < -0.4 is 5.32 Å². The lowest BCUT2D eigenvalue weighted by Crippen LogP contribution is -2.15. The van der Waals surface area contributed by atoms with Crippen molar-refractivity contribution in [2.75, 3.05) is 5.32 Å². The minimum absolute atomic E-state index is 0.0177. The van der Waals surface area contributed by atoms with E-state index >= 15 is 0 Å². The van der Waals surface area contributed by atoms with Gasteiger partial charge in [-0.15, -0.1) is 0 Å². The quantitative estimate of drug-likeness (QED) is 0.895. The Morgan fingerprint density at radius 3 is 2.35 bits per heavy atom. The molecule has 0 radical (unpaired) electrons. The molecule has 5 nitrogen and oxygen atoms in total. The molecule has 1 amide bonds. The Hall–Kier alpha value is -2.82. The van der Waals surface area contributed by atoms with Gasteiger partial charge in [0.05, 0.1) is 11.3 Å². The number of aromatic carboxylic acids is 1. The predicted octanol–water partition coefficient (Wildman–Crippen LogP) is 3.13. The molecular weight excluding hydrogens is 258 g/mol. The first-order valence-corrected chi connectivity index (χ1v) is 5.97. The molecule has 0 bridgehead atoms. The van der Waals surface area contributed by atoms with Gasteiger partial charge in [-0.1, -0.05) is 42.5 Å². The standard InChI is InChI=1S/C15H13NO4/c17-14(18)12-8-4-5-9-13(12)16-15(19)20-10-11-6-2-1-3-7-11/h1-9H,10H2,(H,16,19)(H,17,18). The molecular formula is C15H13NO4. The summed E-state index contributed by atoms with van der Waals surface area (Å²) < 4.78 is 5.02. The molecule has 0 fully saturated rings. The summed E-state index contributed by atoms with van der Waals surface area (Å²) in [6, 6.07) is 15.4. The molecule has 0 aliphatic carbocycles. The summed E-state index contributed by atoms with van der Waals surface area (Å²) in [5, 5.41) is 11.4. The molecule has 2 aromatic carbocycles. The van der Waals surface area contributed by atoms with Crippen molar-refractivity contribution in [1.29, 1.82) is 0 Å². The molecule has 2 N–H and O–H groups in total. The topological polar surface area (TPSA) is 75.6 Å². The third-order valence-electron chi connectivity index (χ3n) is 2.61. The van der Waals surface area contributed by atoms with E-state index in [1.165, 1.54) is 12.1 Å². The number of carbonyl (C=O) groups excluding carboxylic acids is 1. The van der Waals surface area contributed by atoms with Gasteiger partial charge in [0.1, 0.15) is 6.61 Å². The Kier molecular flexibility index (Phi) is 4.34. The van der Waals surface area contributed by atoms with Crippen LogP contribution in [-0.2, 0) is 11.3 Å². The summed E-state index contributed by atoms with van der Waals surface area (Å²) in [4.78, 5) is 22.6. The van der Waals surface area contributed by atoms with Crippen LogP contribution in [0.1, 0.15) is 15.9 Å². The van der Waals surface area contributed by atoms with Crippen LogP contribution in [0.5, 0.6) is 0 Å². The van der Waals surface area contributed by atoms with E-state index in [9.17, 15) is 9.59 Å². The van der Waals surface area contributed by atoms with Crippen molar-refractivity contribution in [3.05, 3.63) is 65.7 Å². The first-order valence-electron chi connectivity index (χ1n) is 5.97. The third kappa shape index (κ3) is 3.58. The summed E-state index contributed by atoms with van der Waals surface area (Å²) in [5.41, 5.74) is 1.08. The van der Waals surface area contributed by atoms with Crippen molar-refractivity contribution in [3.63, 3.8) is 0 Å². The molecule has 0 aliphatic rings. The average molecular weight is 271 g/mol. The van der Waals surface area contributed by atoms with Gasteiger partial charge in [0.2, 0.25) is 0 Å². The lowest BCUT2D eigenvalue weighted by atomic mass is 10.2. The highest BCUT2D eigenvalue weighted by Gasteiger charge is 2.12. The molecule has 0 saturated heterocycles. The molecule has 20 heavy (non-hydrogen) atoms. The van der Waals surface area contributed by atoms with Gasteiger partial charge in [-0.2, -0.15) is 0 Å². The van der Waals surface area contributed by atoms with Crippen LogP contribution in [0.2, 0.25) is 0 Å². The second kappa shape index (κ2) is 6.38. The molecule has 0 aliphatic heterocycles.